The third-order valence-corrected chi connectivity index (χ3v) is 9.76. The Labute approximate surface area is 210 Å². The first-order valence-electron chi connectivity index (χ1n) is 12.6. The molecule has 1 aromatic rings. The molecular formula is C27H29F6NO3. The molecule has 4 aliphatic rings. The van der Waals surface area contributed by atoms with Crippen molar-refractivity contribution >= 4 is 17.6 Å². The van der Waals surface area contributed by atoms with Gasteiger partial charge in [0.25, 0.3) is 0 Å². The Balaban J connectivity index is 1.41. The maximum Gasteiger partial charge on any atom is 0.419 e. The minimum atomic E-state index is -5.29. The molecule has 2 unspecified atom stereocenters. The van der Waals surface area contributed by atoms with E-state index in [1.54, 1.807) is 0 Å². The largest absolute Gasteiger partial charge is 0.458 e. The standard InChI is InChI=1S/C27H29F6NO3/c1-24-12-10-16-14(6-9-20-25(16,2)13-11-21(35)37-20)15(24)7-8-18(24)23(36)34-19-5-3-4-17(26(28,29)30)22(19)27(31,32)33/h3-5,11,13-16,18,20H,6-10,12H2,1-2H3,(H,34,36)/t14-,15-,16+,18?,20?,24-,25+/m0/s1. The third kappa shape index (κ3) is 4.14. The summed E-state index contributed by atoms with van der Waals surface area (Å²) in [6.07, 6.45) is -3.13. The van der Waals surface area contributed by atoms with Crippen molar-refractivity contribution in [3.05, 3.63) is 41.5 Å². The maximum atomic E-state index is 13.7. The van der Waals surface area contributed by atoms with Crippen molar-refractivity contribution < 1.29 is 40.7 Å². The molecule has 1 N–H and O–H groups in total. The van der Waals surface area contributed by atoms with Gasteiger partial charge >= 0.3 is 18.3 Å². The van der Waals surface area contributed by atoms with Gasteiger partial charge in [0.2, 0.25) is 5.91 Å². The Morgan fingerprint density at radius 1 is 0.973 bits per heavy atom. The number of fused-ring (bicyclic) bond motifs is 5. The van der Waals surface area contributed by atoms with Crippen molar-refractivity contribution in [2.24, 2.45) is 34.5 Å². The number of halogens is 6. The fourth-order valence-corrected chi connectivity index (χ4v) is 8.05. The lowest BCUT2D eigenvalue weighted by atomic mass is 9.48. The molecule has 0 spiro atoms. The molecular weight excluding hydrogens is 500 g/mol. The number of amides is 1. The zero-order chi connectivity index (χ0) is 27.0. The predicted octanol–water partition coefficient (Wildman–Crippen LogP) is 7.00. The number of anilines is 1. The number of nitrogens with one attached hydrogen (secondary N) is 1. The highest BCUT2D eigenvalue weighted by molar-refractivity contribution is 5.94. The van der Waals surface area contributed by atoms with Gasteiger partial charge in [0.1, 0.15) is 6.10 Å². The molecule has 4 nitrogen and oxygen atoms in total. The number of rotatable bonds is 2. The second kappa shape index (κ2) is 8.50. The first-order valence-corrected chi connectivity index (χ1v) is 12.6. The van der Waals surface area contributed by atoms with Crippen LogP contribution in [-0.2, 0) is 26.7 Å². The Morgan fingerprint density at radius 3 is 2.38 bits per heavy atom. The maximum absolute atomic E-state index is 13.7. The van der Waals surface area contributed by atoms with Gasteiger partial charge < -0.3 is 10.1 Å². The average molecular weight is 530 g/mol. The lowest BCUT2D eigenvalue weighted by Gasteiger charge is -2.58. The van der Waals surface area contributed by atoms with Crippen molar-refractivity contribution in [1.29, 1.82) is 0 Å². The number of esters is 1. The first-order chi connectivity index (χ1) is 17.2. The van der Waals surface area contributed by atoms with Gasteiger partial charge in [-0.25, -0.2) is 4.79 Å². The van der Waals surface area contributed by atoms with Gasteiger partial charge in [0.15, 0.2) is 0 Å². The summed E-state index contributed by atoms with van der Waals surface area (Å²) in [7, 11) is 0. The number of hydrogen-bond acceptors (Lipinski definition) is 3. The van der Waals surface area contributed by atoms with Crippen LogP contribution in [-0.4, -0.2) is 18.0 Å². The molecule has 0 saturated heterocycles. The molecule has 202 valence electrons. The van der Waals surface area contributed by atoms with E-state index in [0.717, 1.165) is 25.0 Å². The van der Waals surface area contributed by atoms with E-state index in [1.165, 1.54) is 6.08 Å². The first kappa shape index (κ1) is 26.1. The summed E-state index contributed by atoms with van der Waals surface area (Å²) in [5.41, 5.74) is -5.35. The van der Waals surface area contributed by atoms with Crippen LogP contribution in [0.3, 0.4) is 0 Å². The minimum absolute atomic E-state index is 0.148. The molecule has 5 rings (SSSR count). The fourth-order valence-electron chi connectivity index (χ4n) is 8.05. The molecule has 3 aliphatic carbocycles. The number of hydrogen-bond donors (Lipinski definition) is 1. The Morgan fingerprint density at radius 2 is 1.70 bits per heavy atom. The summed E-state index contributed by atoms with van der Waals surface area (Å²) in [5, 5.41) is 2.23. The van der Waals surface area contributed by atoms with E-state index >= 15 is 0 Å². The number of carbonyl (C=O) groups excluding carboxylic acids is 2. The van der Waals surface area contributed by atoms with Gasteiger partial charge in [-0.15, -0.1) is 0 Å². The summed E-state index contributed by atoms with van der Waals surface area (Å²) in [6.45, 7) is 4.10. The average Bonchev–Trinajstić information content (AvgIpc) is 3.15. The second-order valence-electron chi connectivity index (χ2n) is 11.5. The summed E-state index contributed by atoms with van der Waals surface area (Å²) >= 11 is 0. The van der Waals surface area contributed by atoms with E-state index in [2.05, 4.69) is 12.2 Å². The highest BCUT2D eigenvalue weighted by Gasteiger charge is 2.61. The van der Waals surface area contributed by atoms with Crippen molar-refractivity contribution in [2.75, 3.05) is 5.32 Å². The highest BCUT2D eigenvalue weighted by atomic mass is 19.4. The van der Waals surface area contributed by atoms with Gasteiger partial charge in [-0.3, -0.25) is 4.79 Å². The van der Waals surface area contributed by atoms with Crippen LogP contribution in [0.5, 0.6) is 0 Å². The highest BCUT2D eigenvalue weighted by Crippen LogP contribution is 2.65. The Bertz CT molecular complexity index is 1140. The second-order valence-corrected chi connectivity index (χ2v) is 11.5. The lowest BCUT2D eigenvalue weighted by Crippen LogP contribution is -2.55. The molecule has 0 aromatic heterocycles. The summed E-state index contributed by atoms with van der Waals surface area (Å²) in [5.74, 6) is -0.963. The van der Waals surface area contributed by atoms with Crippen LogP contribution < -0.4 is 5.32 Å². The van der Waals surface area contributed by atoms with Crippen LogP contribution in [0.4, 0.5) is 32.0 Å². The minimum Gasteiger partial charge on any atom is -0.458 e. The van der Waals surface area contributed by atoms with Gasteiger partial charge in [0.05, 0.1) is 16.8 Å². The molecule has 0 bridgehead atoms. The Hall–Kier alpha value is -2.52. The molecule has 10 heteroatoms. The zero-order valence-electron chi connectivity index (χ0n) is 20.5. The molecule has 1 aliphatic heterocycles. The van der Waals surface area contributed by atoms with Crippen LogP contribution in [0, 0.1) is 34.5 Å². The van der Waals surface area contributed by atoms with Gasteiger partial charge in [-0.2, -0.15) is 26.3 Å². The molecule has 7 atom stereocenters. The van der Waals surface area contributed by atoms with Crippen molar-refractivity contribution in [2.45, 2.75) is 70.8 Å². The smallest absolute Gasteiger partial charge is 0.419 e. The molecule has 1 aromatic carbocycles. The SMILES string of the molecule is C[C@]12C=CC(=O)OC1CC[C@@H]1[C@H]2CC[C@]2(C)C(C(=O)Nc3cccc(C(F)(F)F)c3C(F)(F)F)CC[C@@H]12. The van der Waals surface area contributed by atoms with Gasteiger partial charge in [-0.05, 0) is 73.8 Å². The molecule has 1 amide bonds. The van der Waals surface area contributed by atoms with Crippen molar-refractivity contribution in [3.63, 3.8) is 0 Å². The lowest BCUT2D eigenvalue weighted by molar-refractivity contribution is -0.167. The Kier molecular flexibility index (Phi) is 5.99. The number of alkyl halides is 6. The third-order valence-electron chi connectivity index (χ3n) is 9.76. The fraction of sp³-hybridized carbons (Fsp3) is 0.630. The summed E-state index contributed by atoms with van der Waals surface area (Å²) in [4.78, 5) is 25.2. The van der Waals surface area contributed by atoms with E-state index < -0.39 is 46.4 Å². The number of carbonyl (C=O) groups is 2. The van der Waals surface area contributed by atoms with Crippen LogP contribution in [0.25, 0.3) is 0 Å². The summed E-state index contributed by atoms with van der Waals surface area (Å²) < 4.78 is 86.8. The number of benzene rings is 1. The molecule has 3 fully saturated rings. The monoisotopic (exact) mass is 529 g/mol. The topological polar surface area (TPSA) is 55.4 Å². The molecule has 3 saturated carbocycles. The van der Waals surface area contributed by atoms with Crippen LogP contribution in [0.2, 0.25) is 0 Å². The van der Waals surface area contributed by atoms with E-state index in [0.29, 0.717) is 31.7 Å². The number of ether oxygens (including phenoxy) is 1. The van der Waals surface area contributed by atoms with Crippen molar-refractivity contribution in [1.82, 2.24) is 0 Å². The van der Waals surface area contributed by atoms with E-state index in [-0.39, 0.29) is 35.2 Å². The quantitative estimate of drug-likeness (QED) is 0.332. The molecule has 37 heavy (non-hydrogen) atoms. The van der Waals surface area contributed by atoms with Crippen LogP contribution in [0.15, 0.2) is 30.4 Å². The van der Waals surface area contributed by atoms with Crippen molar-refractivity contribution in [3.8, 4) is 0 Å². The summed E-state index contributed by atoms with van der Waals surface area (Å²) in [6, 6.07) is 2.13. The van der Waals surface area contributed by atoms with Gasteiger partial charge in [-0.1, -0.05) is 26.0 Å². The van der Waals surface area contributed by atoms with E-state index in [1.807, 2.05) is 13.0 Å². The molecule has 0 radical (unpaired) electrons. The van der Waals surface area contributed by atoms with E-state index in [4.69, 9.17) is 4.74 Å². The van der Waals surface area contributed by atoms with E-state index in [9.17, 15) is 35.9 Å². The van der Waals surface area contributed by atoms with Crippen LogP contribution in [0.1, 0.15) is 63.5 Å². The molecule has 1 heterocycles. The zero-order valence-corrected chi connectivity index (χ0v) is 20.5. The normalized spacial score (nSPS) is 37.3. The van der Waals surface area contributed by atoms with Gasteiger partial charge in [0, 0.05) is 17.4 Å². The van der Waals surface area contributed by atoms with Crippen LogP contribution >= 0.6 is 0 Å². The predicted molar refractivity (Wildman–Crippen MR) is 122 cm³/mol.